The van der Waals surface area contributed by atoms with Crippen LogP contribution < -0.4 is 10.6 Å². The van der Waals surface area contributed by atoms with Gasteiger partial charge in [0.05, 0.1) is 0 Å². The van der Waals surface area contributed by atoms with E-state index in [0.717, 1.165) is 0 Å². The van der Waals surface area contributed by atoms with Crippen LogP contribution in [0.5, 0.6) is 0 Å². The fraction of sp³-hybridized carbons (Fsp3) is 0.778. The maximum absolute atomic E-state index is 11.5. The highest BCUT2D eigenvalue weighted by molar-refractivity contribution is 5.86. The van der Waals surface area contributed by atoms with Gasteiger partial charge < -0.3 is 15.5 Å². The lowest BCUT2D eigenvalue weighted by molar-refractivity contribution is -0.122. The van der Waals surface area contributed by atoms with Gasteiger partial charge in [-0.2, -0.15) is 0 Å². The van der Waals surface area contributed by atoms with E-state index in [2.05, 4.69) is 10.6 Å². The molecule has 1 atom stereocenters. The molecular formula is C9H19N3O2. The minimum Gasteiger partial charge on any atom is -0.357 e. The van der Waals surface area contributed by atoms with Gasteiger partial charge in [-0.25, -0.2) is 4.79 Å². The van der Waals surface area contributed by atoms with Crippen LogP contribution in [-0.4, -0.2) is 43.0 Å². The Balaban J connectivity index is 4.10. The topological polar surface area (TPSA) is 61.4 Å². The Morgan fingerprint density at radius 1 is 1.29 bits per heavy atom. The summed E-state index contributed by atoms with van der Waals surface area (Å²) in [5.74, 6) is -0.189. The maximum Gasteiger partial charge on any atom is 0.318 e. The zero-order valence-electron chi connectivity index (χ0n) is 9.26. The SMILES string of the molecule is CCN(CC)C(=O)N[C@@H](C)C(=O)NC. The van der Waals surface area contributed by atoms with Crippen molar-refractivity contribution in [3.63, 3.8) is 0 Å². The van der Waals surface area contributed by atoms with Gasteiger partial charge in [-0.05, 0) is 20.8 Å². The van der Waals surface area contributed by atoms with E-state index in [-0.39, 0.29) is 11.9 Å². The van der Waals surface area contributed by atoms with Gasteiger partial charge in [0, 0.05) is 20.1 Å². The van der Waals surface area contributed by atoms with E-state index in [9.17, 15) is 9.59 Å². The Kier molecular flexibility index (Phi) is 5.67. The van der Waals surface area contributed by atoms with E-state index >= 15 is 0 Å². The van der Waals surface area contributed by atoms with Gasteiger partial charge in [-0.3, -0.25) is 4.79 Å². The lowest BCUT2D eigenvalue weighted by Crippen LogP contribution is -2.49. The molecule has 0 spiro atoms. The first kappa shape index (κ1) is 12.7. The zero-order valence-corrected chi connectivity index (χ0v) is 9.26. The molecule has 3 amide bonds. The number of carbonyl (C=O) groups excluding carboxylic acids is 2. The van der Waals surface area contributed by atoms with Crippen LogP contribution in [0.3, 0.4) is 0 Å². The van der Waals surface area contributed by atoms with Gasteiger partial charge in [-0.15, -0.1) is 0 Å². The van der Waals surface area contributed by atoms with Gasteiger partial charge in [0.15, 0.2) is 0 Å². The molecule has 0 aliphatic rings. The summed E-state index contributed by atoms with van der Waals surface area (Å²) in [4.78, 5) is 24.2. The van der Waals surface area contributed by atoms with E-state index in [1.54, 1.807) is 18.9 Å². The van der Waals surface area contributed by atoms with Crippen LogP contribution in [0.2, 0.25) is 0 Å². The highest BCUT2D eigenvalue weighted by Gasteiger charge is 2.16. The standard InChI is InChI=1S/C9H19N3O2/c1-5-12(6-2)9(14)11-7(3)8(13)10-4/h7H,5-6H2,1-4H3,(H,10,13)(H,11,14)/t7-/m0/s1. The summed E-state index contributed by atoms with van der Waals surface area (Å²) in [6.45, 7) is 6.73. The smallest absolute Gasteiger partial charge is 0.318 e. The van der Waals surface area contributed by atoms with Gasteiger partial charge >= 0.3 is 6.03 Å². The number of hydrogen-bond acceptors (Lipinski definition) is 2. The van der Waals surface area contributed by atoms with Crippen molar-refractivity contribution in [2.45, 2.75) is 26.8 Å². The molecule has 14 heavy (non-hydrogen) atoms. The molecule has 0 saturated carbocycles. The molecule has 0 rings (SSSR count). The summed E-state index contributed by atoms with van der Waals surface area (Å²) in [6.07, 6.45) is 0. The number of hydrogen-bond donors (Lipinski definition) is 2. The molecule has 0 aromatic carbocycles. The monoisotopic (exact) mass is 201 g/mol. The predicted octanol–water partition coefficient (Wildman–Crippen LogP) is 0.172. The highest BCUT2D eigenvalue weighted by Crippen LogP contribution is 1.90. The molecule has 5 heteroatoms. The molecule has 0 aromatic heterocycles. The Morgan fingerprint density at radius 2 is 1.79 bits per heavy atom. The summed E-state index contributed by atoms with van der Waals surface area (Å²) in [5.41, 5.74) is 0. The second-order valence-corrected chi connectivity index (χ2v) is 2.96. The molecule has 0 aliphatic heterocycles. The van der Waals surface area contributed by atoms with Crippen LogP contribution >= 0.6 is 0 Å². The van der Waals surface area contributed by atoms with Crippen molar-refractivity contribution in [1.82, 2.24) is 15.5 Å². The molecule has 0 heterocycles. The third-order valence-corrected chi connectivity index (χ3v) is 2.03. The number of nitrogens with zero attached hydrogens (tertiary/aromatic N) is 1. The van der Waals surface area contributed by atoms with Crippen LogP contribution in [0.1, 0.15) is 20.8 Å². The predicted molar refractivity (Wildman–Crippen MR) is 55.0 cm³/mol. The number of likely N-dealkylation sites (N-methyl/N-ethyl adjacent to an activating group) is 1. The first-order valence-electron chi connectivity index (χ1n) is 4.83. The van der Waals surface area contributed by atoms with E-state index in [0.29, 0.717) is 13.1 Å². The average molecular weight is 201 g/mol. The number of urea groups is 1. The highest BCUT2D eigenvalue weighted by atomic mass is 16.2. The van der Waals surface area contributed by atoms with E-state index in [1.807, 2.05) is 13.8 Å². The Bertz CT molecular complexity index is 202. The third-order valence-electron chi connectivity index (χ3n) is 2.03. The summed E-state index contributed by atoms with van der Waals surface area (Å²) < 4.78 is 0. The van der Waals surface area contributed by atoms with Crippen molar-refractivity contribution in [1.29, 1.82) is 0 Å². The van der Waals surface area contributed by atoms with Crippen molar-refractivity contribution in [3.8, 4) is 0 Å². The molecule has 0 aliphatic carbocycles. The summed E-state index contributed by atoms with van der Waals surface area (Å²) in [5, 5.41) is 5.08. The van der Waals surface area contributed by atoms with Gasteiger partial charge in [0.1, 0.15) is 6.04 Å². The van der Waals surface area contributed by atoms with Gasteiger partial charge in [0.2, 0.25) is 5.91 Å². The van der Waals surface area contributed by atoms with Crippen molar-refractivity contribution in [2.75, 3.05) is 20.1 Å². The minimum absolute atomic E-state index is 0.189. The molecule has 0 unspecified atom stereocenters. The Labute approximate surface area is 84.8 Å². The van der Waals surface area contributed by atoms with Crippen LogP contribution in [0.25, 0.3) is 0 Å². The molecule has 2 N–H and O–H groups in total. The fourth-order valence-corrected chi connectivity index (χ4v) is 1.07. The summed E-state index contributed by atoms with van der Waals surface area (Å²) in [6, 6.07) is -0.695. The molecule has 0 aromatic rings. The van der Waals surface area contributed by atoms with Crippen molar-refractivity contribution in [2.24, 2.45) is 0 Å². The number of amides is 3. The average Bonchev–Trinajstić information content (AvgIpc) is 2.18. The van der Waals surface area contributed by atoms with E-state index < -0.39 is 6.04 Å². The molecule has 5 nitrogen and oxygen atoms in total. The van der Waals surface area contributed by atoms with Crippen LogP contribution in [0.15, 0.2) is 0 Å². The van der Waals surface area contributed by atoms with Gasteiger partial charge in [0.25, 0.3) is 0 Å². The third kappa shape index (κ3) is 3.64. The lowest BCUT2D eigenvalue weighted by atomic mass is 10.3. The number of nitrogens with one attached hydrogen (secondary N) is 2. The molecule has 0 radical (unpaired) electrons. The minimum atomic E-state index is -0.493. The number of rotatable bonds is 4. The summed E-state index contributed by atoms with van der Waals surface area (Å²) in [7, 11) is 1.54. The summed E-state index contributed by atoms with van der Waals surface area (Å²) >= 11 is 0. The molecule has 0 fully saturated rings. The van der Waals surface area contributed by atoms with E-state index in [1.165, 1.54) is 0 Å². The van der Waals surface area contributed by atoms with Crippen LogP contribution in [0.4, 0.5) is 4.79 Å². The largest absolute Gasteiger partial charge is 0.357 e. The molecular weight excluding hydrogens is 182 g/mol. The number of carbonyl (C=O) groups is 2. The quantitative estimate of drug-likeness (QED) is 0.681. The zero-order chi connectivity index (χ0) is 11.1. The van der Waals surface area contributed by atoms with Crippen molar-refractivity contribution in [3.05, 3.63) is 0 Å². The normalized spacial score (nSPS) is 11.7. The fourth-order valence-electron chi connectivity index (χ4n) is 1.07. The lowest BCUT2D eigenvalue weighted by Gasteiger charge is -2.21. The van der Waals surface area contributed by atoms with E-state index in [4.69, 9.17) is 0 Å². The maximum atomic E-state index is 11.5. The molecule has 0 saturated heterocycles. The first-order valence-corrected chi connectivity index (χ1v) is 4.83. The Hall–Kier alpha value is -1.26. The second-order valence-electron chi connectivity index (χ2n) is 2.96. The molecule has 82 valence electrons. The molecule has 0 bridgehead atoms. The van der Waals surface area contributed by atoms with Gasteiger partial charge in [-0.1, -0.05) is 0 Å². The van der Waals surface area contributed by atoms with Crippen molar-refractivity contribution >= 4 is 11.9 Å². The van der Waals surface area contributed by atoms with Crippen molar-refractivity contribution < 1.29 is 9.59 Å². The van der Waals surface area contributed by atoms with Crippen LogP contribution in [-0.2, 0) is 4.79 Å². The first-order chi connectivity index (χ1) is 6.56. The second kappa shape index (κ2) is 6.23. The Morgan fingerprint density at radius 3 is 2.14 bits per heavy atom. The van der Waals surface area contributed by atoms with Crippen LogP contribution in [0, 0.1) is 0 Å².